The number of alkyl halides is 3. The number of hydrogen-bond acceptors (Lipinski definition) is 3. The molecular weight excluding hydrogens is 349 g/mol. The number of hydrogen-bond donors (Lipinski definition) is 1. The van der Waals surface area contributed by atoms with Crippen LogP contribution in [0.3, 0.4) is 0 Å². The van der Waals surface area contributed by atoms with Gasteiger partial charge in [-0.15, -0.1) is 0 Å². The summed E-state index contributed by atoms with van der Waals surface area (Å²) in [5, 5.41) is 2.76. The summed E-state index contributed by atoms with van der Waals surface area (Å²) in [7, 11) is 0. The number of furan rings is 1. The molecule has 0 aromatic carbocycles. The van der Waals surface area contributed by atoms with Crippen molar-refractivity contribution in [1.82, 2.24) is 10.2 Å². The molecule has 3 unspecified atom stereocenters. The minimum atomic E-state index is -4.23. The van der Waals surface area contributed by atoms with Crippen molar-refractivity contribution in [2.75, 3.05) is 6.54 Å². The summed E-state index contributed by atoms with van der Waals surface area (Å²) < 4.78 is 44.0. The van der Waals surface area contributed by atoms with Gasteiger partial charge in [0, 0.05) is 12.6 Å². The van der Waals surface area contributed by atoms with Crippen LogP contribution in [0.2, 0.25) is 0 Å². The van der Waals surface area contributed by atoms with Gasteiger partial charge in [0.05, 0.1) is 12.2 Å². The Kier molecular flexibility index (Phi) is 5.58. The molecule has 1 aliphatic heterocycles. The summed E-state index contributed by atoms with van der Waals surface area (Å²) in [5.74, 6) is -1.92. The fourth-order valence-electron chi connectivity index (χ4n) is 3.90. The van der Waals surface area contributed by atoms with Gasteiger partial charge in [-0.2, -0.15) is 13.2 Å². The van der Waals surface area contributed by atoms with E-state index in [0.717, 1.165) is 12.8 Å². The molecule has 2 aliphatic rings. The predicted octanol–water partition coefficient (Wildman–Crippen LogP) is 3.51. The second-order valence-electron chi connectivity index (χ2n) is 7.10. The number of halogens is 3. The minimum absolute atomic E-state index is 0.0892. The zero-order valence-corrected chi connectivity index (χ0v) is 14.4. The van der Waals surface area contributed by atoms with Crippen LogP contribution in [0.25, 0.3) is 0 Å². The highest BCUT2D eigenvalue weighted by Crippen LogP contribution is 2.37. The standard InChI is InChI=1S/C18H23F3N2O3/c19-18(20,21)12-5-3-6-13(11-12)22-16(24)14-7-1-2-9-23(14)17(25)15-8-4-10-26-15/h4,8,10,12-14H,1-3,5-7,9,11H2,(H,22,24). The maximum atomic E-state index is 13.0. The Labute approximate surface area is 149 Å². The molecular formula is C18H23F3N2O3. The topological polar surface area (TPSA) is 62.6 Å². The van der Waals surface area contributed by atoms with Crippen molar-refractivity contribution < 1.29 is 27.2 Å². The number of amides is 2. The van der Waals surface area contributed by atoms with Gasteiger partial charge in [-0.05, 0) is 50.7 Å². The fourth-order valence-corrected chi connectivity index (χ4v) is 3.90. The third-order valence-electron chi connectivity index (χ3n) is 5.28. The normalized spacial score (nSPS) is 27.2. The molecule has 2 amide bonds. The van der Waals surface area contributed by atoms with Crippen molar-refractivity contribution in [1.29, 1.82) is 0 Å². The van der Waals surface area contributed by atoms with E-state index in [-0.39, 0.29) is 30.4 Å². The van der Waals surface area contributed by atoms with Gasteiger partial charge in [0.1, 0.15) is 6.04 Å². The lowest BCUT2D eigenvalue weighted by Gasteiger charge is -2.36. The van der Waals surface area contributed by atoms with Crippen LogP contribution in [0.5, 0.6) is 0 Å². The number of carbonyl (C=O) groups is 2. The molecule has 2 fully saturated rings. The molecule has 0 bridgehead atoms. The Hall–Kier alpha value is -1.99. The van der Waals surface area contributed by atoms with E-state index in [9.17, 15) is 22.8 Å². The molecule has 1 aromatic heterocycles. The third-order valence-corrected chi connectivity index (χ3v) is 5.28. The van der Waals surface area contributed by atoms with Gasteiger partial charge < -0.3 is 14.6 Å². The summed E-state index contributed by atoms with van der Waals surface area (Å²) in [4.78, 5) is 26.7. The Morgan fingerprint density at radius 1 is 1.15 bits per heavy atom. The lowest BCUT2D eigenvalue weighted by Crippen LogP contribution is -2.54. The van der Waals surface area contributed by atoms with Gasteiger partial charge in [-0.3, -0.25) is 9.59 Å². The van der Waals surface area contributed by atoms with Gasteiger partial charge in [-0.25, -0.2) is 0 Å². The maximum absolute atomic E-state index is 13.0. The van der Waals surface area contributed by atoms with E-state index in [4.69, 9.17) is 4.42 Å². The van der Waals surface area contributed by atoms with Gasteiger partial charge >= 0.3 is 6.18 Å². The zero-order chi connectivity index (χ0) is 18.7. The number of carbonyl (C=O) groups excluding carboxylic acids is 2. The predicted molar refractivity (Wildman–Crippen MR) is 87.3 cm³/mol. The maximum Gasteiger partial charge on any atom is 0.391 e. The monoisotopic (exact) mass is 372 g/mol. The summed E-state index contributed by atoms with van der Waals surface area (Å²) in [6, 6.07) is 1.99. The number of rotatable bonds is 3. The van der Waals surface area contributed by atoms with E-state index in [1.807, 2.05) is 0 Å². The second kappa shape index (κ2) is 7.72. The summed E-state index contributed by atoms with van der Waals surface area (Å²) in [5.41, 5.74) is 0. The number of nitrogens with zero attached hydrogens (tertiary/aromatic N) is 1. The highest BCUT2D eigenvalue weighted by atomic mass is 19.4. The van der Waals surface area contributed by atoms with Crippen molar-refractivity contribution in [3.8, 4) is 0 Å². The van der Waals surface area contributed by atoms with Crippen LogP contribution < -0.4 is 5.32 Å². The highest BCUT2D eigenvalue weighted by Gasteiger charge is 2.43. The van der Waals surface area contributed by atoms with Gasteiger partial charge in [0.2, 0.25) is 5.91 Å². The molecule has 1 N–H and O–H groups in total. The summed E-state index contributed by atoms with van der Waals surface area (Å²) >= 11 is 0. The first kappa shape index (κ1) is 18.8. The van der Waals surface area contributed by atoms with Crippen molar-refractivity contribution in [2.24, 2.45) is 5.92 Å². The highest BCUT2D eigenvalue weighted by molar-refractivity contribution is 5.95. The Morgan fingerprint density at radius 3 is 2.65 bits per heavy atom. The van der Waals surface area contributed by atoms with Crippen molar-refractivity contribution >= 4 is 11.8 Å². The molecule has 8 heteroatoms. The van der Waals surface area contributed by atoms with Crippen LogP contribution >= 0.6 is 0 Å². The molecule has 0 radical (unpaired) electrons. The fraction of sp³-hybridized carbons (Fsp3) is 0.667. The summed E-state index contributed by atoms with van der Waals surface area (Å²) in [6.07, 6.45) is 0.267. The molecule has 1 aliphatic carbocycles. The Morgan fingerprint density at radius 2 is 1.96 bits per heavy atom. The van der Waals surface area contributed by atoms with Gasteiger partial charge in [0.25, 0.3) is 5.91 Å². The van der Waals surface area contributed by atoms with Crippen molar-refractivity contribution in [3.63, 3.8) is 0 Å². The second-order valence-corrected chi connectivity index (χ2v) is 7.10. The van der Waals surface area contributed by atoms with Crippen LogP contribution in [0.15, 0.2) is 22.8 Å². The quantitative estimate of drug-likeness (QED) is 0.883. The largest absolute Gasteiger partial charge is 0.459 e. The first-order valence-electron chi connectivity index (χ1n) is 9.08. The molecule has 1 saturated heterocycles. The van der Waals surface area contributed by atoms with Crippen molar-refractivity contribution in [3.05, 3.63) is 24.2 Å². The molecule has 3 rings (SSSR count). The van der Waals surface area contributed by atoms with E-state index >= 15 is 0 Å². The van der Waals surface area contributed by atoms with Crippen LogP contribution in [0.4, 0.5) is 13.2 Å². The van der Waals surface area contributed by atoms with Gasteiger partial charge in [0.15, 0.2) is 5.76 Å². The number of likely N-dealkylation sites (tertiary alicyclic amines) is 1. The zero-order valence-electron chi connectivity index (χ0n) is 14.4. The van der Waals surface area contributed by atoms with Gasteiger partial charge in [-0.1, -0.05) is 6.42 Å². The molecule has 1 aromatic rings. The van der Waals surface area contributed by atoms with Crippen LogP contribution in [-0.4, -0.2) is 41.5 Å². The number of nitrogens with one attached hydrogen (secondary N) is 1. The number of piperidine rings is 1. The first-order valence-corrected chi connectivity index (χ1v) is 9.08. The van der Waals surface area contributed by atoms with E-state index < -0.39 is 24.2 Å². The van der Waals surface area contributed by atoms with E-state index in [2.05, 4.69) is 5.32 Å². The van der Waals surface area contributed by atoms with Crippen LogP contribution in [-0.2, 0) is 4.79 Å². The Bertz CT molecular complexity index is 630. The SMILES string of the molecule is O=C(NC1CCCC(C(F)(F)F)C1)C1CCCCN1C(=O)c1ccco1. The van der Waals surface area contributed by atoms with Crippen LogP contribution in [0, 0.1) is 5.92 Å². The lowest BCUT2D eigenvalue weighted by molar-refractivity contribution is -0.184. The lowest BCUT2D eigenvalue weighted by atomic mass is 9.85. The molecule has 1 saturated carbocycles. The van der Waals surface area contributed by atoms with Crippen molar-refractivity contribution in [2.45, 2.75) is 63.2 Å². The molecule has 26 heavy (non-hydrogen) atoms. The first-order chi connectivity index (χ1) is 12.4. The molecule has 5 nitrogen and oxygen atoms in total. The third kappa shape index (κ3) is 4.22. The molecule has 0 spiro atoms. The average Bonchev–Trinajstić information content (AvgIpc) is 3.15. The van der Waals surface area contributed by atoms with E-state index in [1.165, 1.54) is 11.2 Å². The smallest absolute Gasteiger partial charge is 0.391 e. The van der Waals surface area contributed by atoms with Crippen LogP contribution in [0.1, 0.15) is 55.5 Å². The molecule has 2 heterocycles. The Balaban J connectivity index is 1.64. The van der Waals surface area contributed by atoms with E-state index in [0.29, 0.717) is 25.8 Å². The van der Waals surface area contributed by atoms with E-state index in [1.54, 1.807) is 12.1 Å². The summed E-state index contributed by atoms with van der Waals surface area (Å²) in [6.45, 7) is 0.438. The molecule has 3 atom stereocenters. The minimum Gasteiger partial charge on any atom is -0.459 e. The molecule has 144 valence electrons. The average molecular weight is 372 g/mol.